The Bertz CT molecular complexity index is 1230. The van der Waals surface area contributed by atoms with Gasteiger partial charge in [0.05, 0.1) is 23.5 Å². The average Bonchev–Trinajstić information content (AvgIpc) is 2.93. The first-order valence-corrected chi connectivity index (χ1v) is 12.5. The predicted octanol–water partition coefficient (Wildman–Crippen LogP) is 6.51. The van der Waals surface area contributed by atoms with Crippen LogP contribution in [0.25, 0.3) is 0 Å². The van der Waals surface area contributed by atoms with Crippen LogP contribution in [0.3, 0.4) is 0 Å². The molecule has 192 valence electrons. The number of anilines is 2. The lowest BCUT2D eigenvalue weighted by Gasteiger charge is -2.41. The summed E-state index contributed by atoms with van der Waals surface area (Å²) in [6, 6.07) is 17.6. The molecule has 1 fully saturated rings. The van der Waals surface area contributed by atoms with Crippen LogP contribution >= 0.6 is 0 Å². The first kappa shape index (κ1) is 26.1. The fourth-order valence-electron chi connectivity index (χ4n) is 4.77. The van der Waals surface area contributed by atoms with E-state index >= 15 is 0 Å². The van der Waals surface area contributed by atoms with E-state index in [9.17, 15) is 13.6 Å². The van der Waals surface area contributed by atoms with Crippen LogP contribution < -0.4 is 9.64 Å². The maximum Gasteiger partial charge on any atom is 0.387 e. The lowest BCUT2D eigenvalue weighted by atomic mass is 9.94. The van der Waals surface area contributed by atoms with Crippen LogP contribution in [0.2, 0.25) is 0 Å². The lowest BCUT2D eigenvalue weighted by molar-refractivity contribution is -0.0498. The second-order valence-corrected chi connectivity index (χ2v) is 9.20. The second-order valence-electron chi connectivity index (χ2n) is 9.20. The van der Waals surface area contributed by atoms with Crippen molar-refractivity contribution in [2.24, 2.45) is 0 Å². The van der Waals surface area contributed by atoms with E-state index in [1.54, 1.807) is 54.7 Å². The van der Waals surface area contributed by atoms with E-state index in [0.29, 0.717) is 30.1 Å². The lowest BCUT2D eigenvalue weighted by Crippen LogP contribution is -2.45. The molecule has 2 heterocycles. The van der Waals surface area contributed by atoms with Crippen LogP contribution in [0.15, 0.2) is 67.0 Å². The Morgan fingerprint density at radius 3 is 2.41 bits per heavy atom. The SMILES string of the molecule is CCC(C)c1ccncc1N(c1ccc(OC(F)F)cc1)C1CCN(C(=O)c2ccc(C#N)cc2)CC1. The number of carbonyl (C=O) groups is 1. The van der Waals surface area contributed by atoms with E-state index in [2.05, 4.69) is 34.5 Å². The summed E-state index contributed by atoms with van der Waals surface area (Å²) in [6.45, 7) is 2.59. The van der Waals surface area contributed by atoms with E-state index in [-0.39, 0.29) is 17.7 Å². The first-order valence-electron chi connectivity index (χ1n) is 12.5. The Labute approximate surface area is 216 Å². The summed E-state index contributed by atoms with van der Waals surface area (Å²) in [5, 5.41) is 9.01. The third-order valence-corrected chi connectivity index (χ3v) is 6.95. The number of benzene rings is 2. The summed E-state index contributed by atoms with van der Waals surface area (Å²) in [5.41, 5.74) is 4.09. The zero-order valence-electron chi connectivity index (χ0n) is 21.0. The summed E-state index contributed by atoms with van der Waals surface area (Å²) in [7, 11) is 0. The molecule has 8 heteroatoms. The summed E-state index contributed by atoms with van der Waals surface area (Å²) in [6.07, 6.45) is 6.07. The largest absolute Gasteiger partial charge is 0.435 e. The molecule has 0 spiro atoms. The van der Waals surface area contributed by atoms with Crippen molar-refractivity contribution in [1.82, 2.24) is 9.88 Å². The summed E-state index contributed by atoms with van der Waals surface area (Å²) < 4.78 is 29.9. The van der Waals surface area contributed by atoms with Crippen LogP contribution in [-0.2, 0) is 0 Å². The maximum absolute atomic E-state index is 13.1. The van der Waals surface area contributed by atoms with Gasteiger partial charge in [0.1, 0.15) is 5.75 Å². The minimum absolute atomic E-state index is 0.0512. The first-order chi connectivity index (χ1) is 17.9. The number of pyridine rings is 1. The van der Waals surface area contributed by atoms with Crippen LogP contribution in [0, 0.1) is 11.3 Å². The van der Waals surface area contributed by atoms with Crippen LogP contribution in [0.4, 0.5) is 20.2 Å². The number of piperidine rings is 1. The standard InChI is InChI=1S/C29H30F2N4O2/c1-3-20(2)26-12-15-33-19-27(26)35(23-8-10-25(11-9-23)37-29(30)31)24-13-16-34(17-14-24)28(36)22-6-4-21(18-32)5-7-22/h4-12,15,19-20,24,29H,3,13-14,16-17H2,1-2H3. The third kappa shape index (κ3) is 6.05. The Hall–Kier alpha value is -3.99. The summed E-state index contributed by atoms with van der Waals surface area (Å²) >= 11 is 0. The molecule has 1 saturated heterocycles. The molecule has 0 aliphatic carbocycles. The van der Waals surface area contributed by atoms with E-state index in [1.807, 2.05) is 17.2 Å². The fourth-order valence-corrected chi connectivity index (χ4v) is 4.77. The molecule has 0 bridgehead atoms. The third-order valence-electron chi connectivity index (χ3n) is 6.95. The van der Waals surface area contributed by atoms with E-state index in [1.165, 1.54) is 5.56 Å². The highest BCUT2D eigenvalue weighted by molar-refractivity contribution is 5.94. The van der Waals surface area contributed by atoms with Gasteiger partial charge in [-0.15, -0.1) is 0 Å². The number of halogens is 2. The zero-order valence-corrected chi connectivity index (χ0v) is 21.0. The molecule has 6 nitrogen and oxygen atoms in total. The normalized spacial score (nSPS) is 14.8. The number of rotatable bonds is 8. The number of ether oxygens (including phenoxy) is 1. The Morgan fingerprint density at radius 1 is 1.14 bits per heavy atom. The molecule has 1 aliphatic heterocycles. The van der Waals surface area contributed by atoms with Crippen molar-refractivity contribution >= 4 is 17.3 Å². The van der Waals surface area contributed by atoms with Crippen molar-refractivity contribution in [3.63, 3.8) is 0 Å². The van der Waals surface area contributed by atoms with Crippen molar-refractivity contribution in [2.45, 2.75) is 51.7 Å². The van der Waals surface area contributed by atoms with E-state index < -0.39 is 6.61 Å². The van der Waals surface area contributed by atoms with Crippen LogP contribution in [-0.4, -0.2) is 41.5 Å². The number of alkyl halides is 2. The van der Waals surface area contributed by atoms with Gasteiger partial charge < -0.3 is 14.5 Å². The second kappa shape index (κ2) is 11.8. The number of likely N-dealkylation sites (tertiary alicyclic amines) is 1. The minimum Gasteiger partial charge on any atom is -0.435 e. The Balaban J connectivity index is 1.59. The maximum atomic E-state index is 13.1. The summed E-state index contributed by atoms with van der Waals surface area (Å²) in [4.78, 5) is 21.5. The molecule has 1 amide bonds. The van der Waals surface area contributed by atoms with Gasteiger partial charge >= 0.3 is 6.61 Å². The molecule has 1 atom stereocenters. The molecule has 0 saturated carbocycles. The molecule has 0 N–H and O–H groups in total. The molecular formula is C29H30F2N4O2. The monoisotopic (exact) mass is 504 g/mol. The van der Waals surface area contributed by atoms with Gasteiger partial charge in [0.2, 0.25) is 0 Å². The van der Waals surface area contributed by atoms with Crippen molar-refractivity contribution in [2.75, 3.05) is 18.0 Å². The topological polar surface area (TPSA) is 69.5 Å². The Morgan fingerprint density at radius 2 is 1.81 bits per heavy atom. The highest BCUT2D eigenvalue weighted by Crippen LogP contribution is 2.38. The predicted molar refractivity (Wildman–Crippen MR) is 138 cm³/mol. The molecule has 2 aromatic carbocycles. The van der Waals surface area contributed by atoms with Gasteiger partial charge in [0.25, 0.3) is 5.91 Å². The quantitative estimate of drug-likeness (QED) is 0.350. The van der Waals surface area contributed by atoms with Crippen molar-refractivity contribution in [1.29, 1.82) is 5.26 Å². The van der Waals surface area contributed by atoms with E-state index in [0.717, 1.165) is 30.6 Å². The highest BCUT2D eigenvalue weighted by atomic mass is 19.3. The fraction of sp³-hybridized carbons (Fsp3) is 0.345. The smallest absolute Gasteiger partial charge is 0.387 e. The van der Waals surface area contributed by atoms with Gasteiger partial charge in [-0.1, -0.05) is 13.8 Å². The van der Waals surface area contributed by atoms with Gasteiger partial charge in [-0.05, 0) is 85.3 Å². The molecule has 1 aromatic heterocycles. The average molecular weight is 505 g/mol. The van der Waals surface area contributed by atoms with Crippen molar-refractivity contribution in [3.05, 3.63) is 83.7 Å². The number of hydrogen-bond acceptors (Lipinski definition) is 5. The number of aromatic nitrogens is 1. The molecule has 3 aromatic rings. The van der Waals surface area contributed by atoms with Crippen molar-refractivity contribution in [3.8, 4) is 11.8 Å². The number of hydrogen-bond donors (Lipinski definition) is 0. The number of amides is 1. The molecular weight excluding hydrogens is 474 g/mol. The van der Waals surface area contributed by atoms with Gasteiger partial charge in [-0.25, -0.2) is 0 Å². The number of nitrogens with zero attached hydrogens (tertiary/aromatic N) is 4. The molecule has 1 unspecified atom stereocenters. The van der Waals surface area contributed by atoms with Crippen LogP contribution in [0.1, 0.15) is 60.5 Å². The molecule has 0 radical (unpaired) electrons. The van der Waals surface area contributed by atoms with E-state index in [4.69, 9.17) is 5.26 Å². The van der Waals surface area contributed by atoms with Crippen LogP contribution in [0.5, 0.6) is 5.75 Å². The molecule has 4 rings (SSSR count). The van der Waals surface area contributed by atoms with Crippen molar-refractivity contribution < 1.29 is 18.3 Å². The highest BCUT2D eigenvalue weighted by Gasteiger charge is 2.30. The molecule has 37 heavy (non-hydrogen) atoms. The number of nitriles is 1. The van der Waals surface area contributed by atoms with Gasteiger partial charge in [-0.2, -0.15) is 14.0 Å². The zero-order chi connectivity index (χ0) is 26.4. The Kier molecular flexibility index (Phi) is 8.34. The van der Waals surface area contributed by atoms with Gasteiger partial charge in [0.15, 0.2) is 0 Å². The molecule has 1 aliphatic rings. The number of carbonyl (C=O) groups excluding carboxylic acids is 1. The van der Waals surface area contributed by atoms with Gasteiger partial charge in [-0.3, -0.25) is 9.78 Å². The van der Waals surface area contributed by atoms with Gasteiger partial charge in [0, 0.05) is 36.6 Å². The summed E-state index contributed by atoms with van der Waals surface area (Å²) in [5.74, 6) is 0.361. The minimum atomic E-state index is -2.88.